The zero-order chi connectivity index (χ0) is 20.6. The monoisotopic (exact) mass is 409 g/mol. The van der Waals surface area contributed by atoms with E-state index in [4.69, 9.17) is 9.72 Å². The van der Waals surface area contributed by atoms with E-state index in [1.54, 1.807) is 17.0 Å². The lowest BCUT2D eigenvalue weighted by Gasteiger charge is -2.16. The van der Waals surface area contributed by atoms with Crippen LogP contribution in [0.15, 0.2) is 30.6 Å². The third kappa shape index (κ3) is 4.23. The number of ether oxygens (including phenoxy) is 1. The third-order valence-electron chi connectivity index (χ3n) is 5.20. The summed E-state index contributed by atoms with van der Waals surface area (Å²) in [6.07, 6.45) is 6.66. The molecule has 3 heterocycles. The minimum Gasteiger partial charge on any atom is -0.361 e. The van der Waals surface area contributed by atoms with Gasteiger partial charge in [0, 0.05) is 40.5 Å². The van der Waals surface area contributed by atoms with Crippen molar-refractivity contribution in [2.45, 2.75) is 45.3 Å². The Morgan fingerprint density at radius 2 is 2.07 bits per heavy atom. The predicted molar refractivity (Wildman–Crippen MR) is 116 cm³/mol. The number of imidazole rings is 1. The van der Waals surface area contributed by atoms with Gasteiger partial charge in [0.25, 0.3) is 0 Å². The van der Waals surface area contributed by atoms with E-state index in [1.165, 1.54) is 0 Å². The number of ketones is 1. The summed E-state index contributed by atoms with van der Waals surface area (Å²) in [4.78, 5) is 21.2. The number of allylic oxidation sites excluding steroid dienone is 2. The number of fused-ring (bicyclic) bond motifs is 1. The van der Waals surface area contributed by atoms with E-state index in [1.807, 2.05) is 29.9 Å². The highest BCUT2D eigenvalue weighted by Gasteiger charge is 2.20. The average Bonchev–Trinajstić information content (AvgIpc) is 3.36. The Labute approximate surface area is 171 Å². The Hall–Kier alpha value is -2.58. The molecule has 29 heavy (non-hydrogen) atoms. The molecule has 0 amide bonds. The van der Waals surface area contributed by atoms with Crippen LogP contribution in [0.4, 0.5) is 0 Å². The lowest BCUT2D eigenvalue weighted by molar-refractivity contribution is -0.114. The molecule has 0 fully saturated rings. The Morgan fingerprint density at radius 3 is 2.72 bits per heavy atom. The molecule has 0 saturated heterocycles. The van der Waals surface area contributed by atoms with Gasteiger partial charge in [0.2, 0.25) is 0 Å². The standard InChI is InChI=1S/C21H27N5O2Si/c1-25-19(7-8-23-25)21-24-18-12-16(15-5-6-17(27)11-15)13-22-20(18)26(21)14-28-9-10-29(2,3)4/h7-8,11-13H,5-6,9-10,14H2,1-4H3. The summed E-state index contributed by atoms with van der Waals surface area (Å²) in [5, 5.41) is 4.28. The lowest BCUT2D eigenvalue weighted by Crippen LogP contribution is -2.22. The first-order valence-electron chi connectivity index (χ1n) is 9.98. The van der Waals surface area contributed by atoms with E-state index in [0.29, 0.717) is 13.2 Å². The fourth-order valence-corrected chi connectivity index (χ4v) is 4.21. The van der Waals surface area contributed by atoms with Crippen molar-refractivity contribution in [2.75, 3.05) is 6.61 Å². The molecule has 0 aliphatic heterocycles. The van der Waals surface area contributed by atoms with Crippen LogP contribution in [-0.4, -0.2) is 44.8 Å². The van der Waals surface area contributed by atoms with Gasteiger partial charge in [-0.3, -0.25) is 14.0 Å². The molecule has 4 rings (SSSR count). The molecule has 3 aromatic rings. The van der Waals surface area contributed by atoms with E-state index in [9.17, 15) is 4.79 Å². The van der Waals surface area contributed by atoms with Crippen LogP contribution in [0.3, 0.4) is 0 Å². The van der Waals surface area contributed by atoms with Gasteiger partial charge in [-0.05, 0) is 41.8 Å². The van der Waals surface area contributed by atoms with Crippen molar-refractivity contribution >= 4 is 30.6 Å². The Bertz CT molecular complexity index is 1090. The highest BCUT2D eigenvalue weighted by molar-refractivity contribution is 6.76. The number of pyridine rings is 1. The van der Waals surface area contributed by atoms with Crippen LogP contribution >= 0.6 is 0 Å². The molecule has 1 aliphatic rings. The SMILES string of the molecule is Cn1nccc1-c1nc2cc(C3=CC(=O)CC3)cnc2n1COCC[Si](C)(C)C. The molecule has 0 atom stereocenters. The molecule has 8 heteroatoms. The minimum atomic E-state index is -1.15. The Morgan fingerprint density at radius 1 is 1.24 bits per heavy atom. The molecular weight excluding hydrogens is 382 g/mol. The van der Waals surface area contributed by atoms with Crippen LogP contribution in [-0.2, 0) is 23.3 Å². The van der Waals surface area contributed by atoms with E-state index in [-0.39, 0.29) is 5.78 Å². The van der Waals surface area contributed by atoms with Crippen LogP contribution < -0.4 is 0 Å². The number of aryl methyl sites for hydroxylation is 1. The first-order valence-corrected chi connectivity index (χ1v) is 13.7. The second-order valence-electron chi connectivity index (χ2n) is 8.75. The molecular formula is C21H27N5O2Si. The van der Waals surface area contributed by atoms with Crippen molar-refractivity contribution in [3.63, 3.8) is 0 Å². The van der Waals surface area contributed by atoms with Gasteiger partial charge in [0.05, 0.1) is 0 Å². The van der Waals surface area contributed by atoms with Gasteiger partial charge in [-0.2, -0.15) is 5.10 Å². The lowest BCUT2D eigenvalue weighted by atomic mass is 10.1. The van der Waals surface area contributed by atoms with Crippen LogP contribution in [0.5, 0.6) is 0 Å². The van der Waals surface area contributed by atoms with Crippen molar-refractivity contribution in [3.05, 3.63) is 36.2 Å². The first-order chi connectivity index (χ1) is 13.8. The van der Waals surface area contributed by atoms with Crippen LogP contribution in [0.2, 0.25) is 25.7 Å². The van der Waals surface area contributed by atoms with Crippen LogP contribution in [0, 0.1) is 0 Å². The second-order valence-corrected chi connectivity index (χ2v) is 14.4. The maximum Gasteiger partial charge on any atom is 0.162 e. The van der Waals surface area contributed by atoms with Crippen molar-refractivity contribution < 1.29 is 9.53 Å². The number of carbonyl (C=O) groups is 1. The number of rotatable bonds is 7. The van der Waals surface area contributed by atoms with E-state index < -0.39 is 8.07 Å². The Kier molecular flexibility index (Phi) is 5.22. The number of aromatic nitrogens is 5. The van der Waals surface area contributed by atoms with Crippen molar-refractivity contribution in [3.8, 4) is 11.5 Å². The third-order valence-corrected chi connectivity index (χ3v) is 6.90. The quantitative estimate of drug-likeness (QED) is 0.437. The molecule has 0 radical (unpaired) electrons. The zero-order valence-corrected chi connectivity index (χ0v) is 18.5. The minimum absolute atomic E-state index is 0.178. The smallest absolute Gasteiger partial charge is 0.162 e. The highest BCUT2D eigenvalue weighted by atomic mass is 28.3. The number of carbonyl (C=O) groups excluding carboxylic acids is 1. The van der Waals surface area contributed by atoms with E-state index in [2.05, 4.69) is 29.7 Å². The zero-order valence-electron chi connectivity index (χ0n) is 17.5. The summed E-state index contributed by atoms with van der Waals surface area (Å²) in [6, 6.07) is 5.07. The average molecular weight is 410 g/mol. The van der Waals surface area contributed by atoms with Gasteiger partial charge < -0.3 is 4.74 Å². The fraction of sp³-hybridized carbons (Fsp3) is 0.429. The highest BCUT2D eigenvalue weighted by Crippen LogP contribution is 2.29. The van der Waals surface area contributed by atoms with Crippen molar-refractivity contribution in [1.29, 1.82) is 0 Å². The topological polar surface area (TPSA) is 74.8 Å². The van der Waals surface area contributed by atoms with Crippen molar-refractivity contribution in [2.24, 2.45) is 7.05 Å². The van der Waals surface area contributed by atoms with Crippen LogP contribution in [0.1, 0.15) is 18.4 Å². The van der Waals surface area contributed by atoms with Crippen LogP contribution in [0.25, 0.3) is 28.3 Å². The maximum absolute atomic E-state index is 11.6. The molecule has 0 unspecified atom stereocenters. The number of nitrogens with zero attached hydrogens (tertiary/aromatic N) is 5. The van der Waals surface area contributed by atoms with Gasteiger partial charge in [-0.1, -0.05) is 19.6 Å². The molecule has 1 aliphatic carbocycles. The summed E-state index contributed by atoms with van der Waals surface area (Å²) in [6.45, 7) is 8.16. The fourth-order valence-electron chi connectivity index (χ4n) is 3.46. The van der Waals surface area contributed by atoms with Gasteiger partial charge in [-0.25, -0.2) is 9.97 Å². The van der Waals surface area contributed by atoms with Gasteiger partial charge in [-0.15, -0.1) is 0 Å². The van der Waals surface area contributed by atoms with Crippen molar-refractivity contribution in [1.82, 2.24) is 24.3 Å². The summed E-state index contributed by atoms with van der Waals surface area (Å²) in [5.41, 5.74) is 4.49. The first kappa shape index (κ1) is 19.7. The molecule has 0 aromatic carbocycles. The number of hydrogen-bond donors (Lipinski definition) is 0. The summed E-state index contributed by atoms with van der Waals surface area (Å²) in [7, 11) is 0.751. The van der Waals surface area contributed by atoms with Gasteiger partial charge in [0.15, 0.2) is 17.3 Å². The molecule has 0 N–H and O–H groups in total. The Balaban J connectivity index is 1.70. The summed E-state index contributed by atoms with van der Waals surface area (Å²) >= 11 is 0. The van der Waals surface area contributed by atoms with Gasteiger partial charge >= 0.3 is 0 Å². The summed E-state index contributed by atoms with van der Waals surface area (Å²) < 4.78 is 9.83. The number of hydrogen-bond acceptors (Lipinski definition) is 5. The molecule has 0 saturated carbocycles. The summed E-state index contributed by atoms with van der Waals surface area (Å²) in [5.74, 6) is 0.964. The van der Waals surface area contributed by atoms with Gasteiger partial charge in [0.1, 0.15) is 17.9 Å². The molecule has 3 aromatic heterocycles. The molecule has 7 nitrogen and oxygen atoms in total. The molecule has 0 spiro atoms. The second kappa shape index (κ2) is 7.68. The largest absolute Gasteiger partial charge is 0.361 e. The van der Waals surface area contributed by atoms with E-state index >= 15 is 0 Å². The normalized spacial score (nSPS) is 14.8. The van der Waals surface area contributed by atoms with E-state index in [0.717, 1.165) is 52.9 Å². The predicted octanol–water partition coefficient (Wildman–Crippen LogP) is 3.89. The maximum atomic E-state index is 11.6. The molecule has 152 valence electrons. The molecule has 0 bridgehead atoms.